The molecule has 0 aliphatic heterocycles. The van der Waals surface area contributed by atoms with Gasteiger partial charge in [-0.3, -0.25) is 0 Å². The first-order valence-corrected chi connectivity index (χ1v) is 6.93. The zero-order chi connectivity index (χ0) is 15.2. The molecule has 0 bridgehead atoms. The fourth-order valence-corrected chi connectivity index (χ4v) is 1.84. The Hall–Kier alpha value is -2.37. The van der Waals surface area contributed by atoms with Crippen LogP contribution in [0.4, 0.5) is 11.9 Å². The third-order valence-electron chi connectivity index (χ3n) is 3.12. The molecule has 0 aliphatic carbocycles. The van der Waals surface area contributed by atoms with Crippen LogP contribution in [0.15, 0.2) is 24.3 Å². The van der Waals surface area contributed by atoms with Crippen LogP contribution in [0.2, 0.25) is 0 Å². The molecule has 0 aliphatic rings. The maximum Gasteiger partial charge on any atom is 0.322 e. The van der Waals surface area contributed by atoms with Gasteiger partial charge >= 0.3 is 6.01 Å². The van der Waals surface area contributed by atoms with Crippen molar-refractivity contribution in [2.24, 2.45) is 0 Å². The van der Waals surface area contributed by atoms with Crippen LogP contribution in [-0.2, 0) is 6.54 Å². The molecule has 1 aromatic heterocycles. The smallest absolute Gasteiger partial charge is 0.322 e. The molecule has 21 heavy (non-hydrogen) atoms. The van der Waals surface area contributed by atoms with Crippen molar-refractivity contribution in [1.82, 2.24) is 15.0 Å². The number of hydrogen-bond acceptors (Lipinski definition) is 6. The first-order chi connectivity index (χ1) is 10.1. The van der Waals surface area contributed by atoms with Crippen LogP contribution >= 0.6 is 0 Å². The van der Waals surface area contributed by atoms with Crippen molar-refractivity contribution in [2.75, 3.05) is 24.8 Å². The summed E-state index contributed by atoms with van der Waals surface area (Å²) in [6, 6.07) is 8.80. The third-order valence-corrected chi connectivity index (χ3v) is 3.12. The molecule has 0 spiro atoms. The molecule has 2 aromatic rings. The van der Waals surface area contributed by atoms with Gasteiger partial charge in [0.05, 0.1) is 7.11 Å². The Labute approximate surface area is 125 Å². The standard InChI is InChI=1S/C15H21N5O/c1-10(2)12-7-5-11(6-8-12)9-17-14-18-13(16-3)19-15(20-14)21-4/h5-8,10H,9H2,1-4H3,(H2,16,17,18,19,20). The summed E-state index contributed by atoms with van der Waals surface area (Å²) in [6.45, 7) is 5.02. The zero-order valence-corrected chi connectivity index (χ0v) is 12.8. The van der Waals surface area contributed by atoms with Gasteiger partial charge in [0.25, 0.3) is 0 Å². The van der Waals surface area contributed by atoms with Crippen LogP contribution in [-0.4, -0.2) is 29.1 Å². The van der Waals surface area contributed by atoms with Gasteiger partial charge in [-0.2, -0.15) is 15.0 Å². The number of nitrogens with one attached hydrogen (secondary N) is 2. The highest BCUT2D eigenvalue weighted by molar-refractivity contribution is 5.36. The molecule has 6 nitrogen and oxygen atoms in total. The van der Waals surface area contributed by atoms with Crippen molar-refractivity contribution >= 4 is 11.9 Å². The highest BCUT2D eigenvalue weighted by Gasteiger charge is 2.05. The lowest BCUT2D eigenvalue weighted by Crippen LogP contribution is -2.08. The predicted molar refractivity (Wildman–Crippen MR) is 83.8 cm³/mol. The van der Waals surface area contributed by atoms with E-state index >= 15 is 0 Å². The van der Waals surface area contributed by atoms with E-state index in [2.05, 4.69) is 63.7 Å². The van der Waals surface area contributed by atoms with Crippen molar-refractivity contribution in [1.29, 1.82) is 0 Å². The summed E-state index contributed by atoms with van der Waals surface area (Å²) in [5.41, 5.74) is 2.50. The molecule has 0 saturated heterocycles. The topological polar surface area (TPSA) is 72.0 Å². The number of rotatable bonds is 6. The summed E-state index contributed by atoms with van der Waals surface area (Å²) in [7, 11) is 3.28. The number of aromatic nitrogens is 3. The lowest BCUT2D eigenvalue weighted by Gasteiger charge is -2.09. The molecular formula is C15H21N5O. The van der Waals surface area contributed by atoms with E-state index in [1.54, 1.807) is 7.05 Å². The minimum Gasteiger partial charge on any atom is -0.467 e. The lowest BCUT2D eigenvalue weighted by atomic mass is 10.0. The second-order valence-corrected chi connectivity index (χ2v) is 4.97. The third kappa shape index (κ3) is 4.05. The average molecular weight is 287 g/mol. The average Bonchev–Trinajstić information content (AvgIpc) is 2.52. The second-order valence-electron chi connectivity index (χ2n) is 4.97. The van der Waals surface area contributed by atoms with E-state index in [0.717, 1.165) is 0 Å². The SMILES string of the molecule is CNc1nc(NCc2ccc(C(C)C)cc2)nc(OC)n1. The zero-order valence-electron chi connectivity index (χ0n) is 12.8. The van der Waals surface area contributed by atoms with Crippen LogP contribution in [0.25, 0.3) is 0 Å². The number of methoxy groups -OCH3 is 1. The monoisotopic (exact) mass is 287 g/mol. The highest BCUT2D eigenvalue weighted by atomic mass is 16.5. The fourth-order valence-electron chi connectivity index (χ4n) is 1.84. The number of ether oxygens (including phenoxy) is 1. The Bertz CT molecular complexity index is 561. The first-order valence-electron chi connectivity index (χ1n) is 6.93. The maximum atomic E-state index is 5.05. The molecular weight excluding hydrogens is 266 g/mol. The van der Waals surface area contributed by atoms with Crippen molar-refractivity contribution in [2.45, 2.75) is 26.3 Å². The first kappa shape index (κ1) is 15.0. The minimum absolute atomic E-state index is 0.284. The van der Waals surface area contributed by atoms with Gasteiger partial charge in [0.2, 0.25) is 11.9 Å². The van der Waals surface area contributed by atoms with Crippen LogP contribution < -0.4 is 15.4 Å². The summed E-state index contributed by atoms with van der Waals surface area (Å²) in [4.78, 5) is 12.5. The largest absolute Gasteiger partial charge is 0.467 e. The van der Waals surface area contributed by atoms with Crippen LogP contribution in [0.3, 0.4) is 0 Å². The van der Waals surface area contributed by atoms with E-state index in [9.17, 15) is 0 Å². The summed E-state index contributed by atoms with van der Waals surface area (Å²) in [5, 5.41) is 6.05. The van der Waals surface area contributed by atoms with Crippen molar-refractivity contribution in [3.8, 4) is 6.01 Å². The van der Waals surface area contributed by atoms with E-state index in [4.69, 9.17) is 4.74 Å². The van der Waals surface area contributed by atoms with Gasteiger partial charge in [-0.1, -0.05) is 38.1 Å². The molecule has 0 radical (unpaired) electrons. The number of hydrogen-bond donors (Lipinski definition) is 2. The fraction of sp³-hybridized carbons (Fsp3) is 0.400. The summed E-state index contributed by atoms with van der Waals surface area (Å²) in [5.74, 6) is 1.50. The normalized spacial score (nSPS) is 10.5. The van der Waals surface area contributed by atoms with Crippen LogP contribution in [0.1, 0.15) is 30.9 Å². The Morgan fingerprint density at radius 3 is 2.29 bits per heavy atom. The quantitative estimate of drug-likeness (QED) is 0.851. The highest BCUT2D eigenvalue weighted by Crippen LogP contribution is 2.16. The van der Waals surface area contributed by atoms with E-state index in [-0.39, 0.29) is 6.01 Å². The van der Waals surface area contributed by atoms with Gasteiger partial charge in [0.1, 0.15) is 0 Å². The summed E-state index contributed by atoms with van der Waals surface area (Å²) < 4.78 is 5.05. The lowest BCUT2D eigenvalue weighted by molar-refractivity contribution is 0.379. The molecule has 2 rings (SSSR count). The Kier molecular flexibility index (Phi) is 4.92. The molecule has 0 fully saturated rings. The van der Waals surface area contributed by atoms with Crippen molar-refractivity contribution < 1.29 is 4.74 Å². The molecule has 0 unspecified atom stereocenters. The maximum absolute atomic E-state index is 5.05. The van der Waals surface area contributed by atoms with Gasteiger partial charge in [-0.15, -0.1) is 0 Å². The molecule has 1 aromatic carbocycles. The molecule has 1 heterocycles. The van der Waals surface area contributed by atoms with Crippen molar-refractivity contribution in [3.05, 3.63) is 35.4 Å². The molecule has 0 atom stereocenters. The van der Waals surface area contributed by atoms with E-state index in [1.807, 2.05) is 0 Å². The number of anilines is 2. The molecule has 6 heteroatoms. The Balaban J connectivity index is 2.05. The molecule has 0 saturated carbocycles. The van der Waals surface area contributed by atoms with Gasteiger partial charge in [0.15, 0.2) is 0 Å². The Morgan fingerprint density at radius 2 is 1.71 bits per heavy atom. The summed E-state index contributed by atoms with van der Waals surface area (Å²) in [6.07, 6.45) is 0. The van der Waals surface area contributed by atoms with E-state index in [1.165, 1.54) is 18.2 Å². The Morgan fingerprint density at radius 1 is 1.05 bits per heavy atom. The van der Waals surface area contributed by atoms with Crippen molar-refractivity contribution in [3.63, 3.8) is 0 Å². The van der Waals surface area contributed by atoms with Crippen LogP contribution in [0.5, 0.6) is 6.01 Å². The second kappa shape index (κ2) is 6.88. The molecule has 0 amide bonds. The molecule has 2 N–H and O–H groups in total. The van der Waals surface area contributed by atoms with E-state index < -0.39 is 0 Å². The van der Waals surface area contributed by atoms with Gasteiger partial charge in [-0.05, 0) is 17.0 Å². The number of benzene rings is 1. The predicted octanol–water partition coefficient (Wildman–Crippen LogP) is 2.66. The van der Waals surface area contributed by atoms with Gasteiger partial charge in [0, 0.05) is 13.6 Å². The van der Waals surface area contributed by atoms with Gasteiger partial charge in [-0.25, -0.2) is 0 Å². The van der Waals surface area contributed by atoms with E-state index in [0.29, 0.717) is 24.4 Å². The minimum atomic E-state index is 0.284. The molecule has 112 valence electrons. The summed E-state index contributed by atoms with van der Waals surface area (Å²) >= 11 is 0. The number of nitrogens with zero attached hydrogens (tertiary/aromatic N) is 3. The van der Waals surface area contributed by atoms with Crippen LogP contribution in [0, 0.1) is 0 Å². The van der Waals surface area contributed by atoms with Gasteiger partial charge < -0.3 is 15.4 Å².